The van der Waals surface area contributed by atoms with Gasteiger partial charge in [0.25, 0.3) is 0 Å². The van der Waals surface area contributed by atoms with Gasteiger partial charge in [-0.2, -0.15) is 11.8 Å². The lowest BCUT2D eigenvalue weighted by molar-refractivity contribution is 0.281. The summed E-state index contributed by atoms with van der Waals surface area (Å²) in [6.07, 6.45) is 3.14. The summed E-state index contributed by atoms with van der Waals surface area (Å²) in [6.45, 7) is 6.32. The Morgan fingerprint density at radius 2 is 1.92 bits per heavy atom. The summed E-state index contributed by atoms with van der Waals surface area (Å²) >= 11 is 1.83. The molecule has 0 aromatic heterocycles. The second kappa shape index (κ2) is 15.6. The fourth-order valence-corrected chi connectivity index (χ4v) is 2.35. The Hall–Kier alpha value is -0.670. The van der Waals surface area contributed by atoms with Crippen molar-refractivity contribution in [2.45, 2.75) is 19.9 Å². The molecule has 0 unspecified atom stereocenters. The van der Waals surface area contributed by atoms with Crippen LogP contribution in [-0.2, 0) is 6.54 Å². The van der Waals surface area contributed by atoms with Crippen molar-refractivity contribution < 1.29 is 4.74 Å². The summed E-state index contributed by atoms with van der Waals surface area (Å²) in [6, 6.07) is 8.20. The Morgan fingerprint density at radius 3 is 2.52 bits per heavy atom. The number of hydrogen-bond acceptors (Lipinski definition) is 4. The molecule has 0 saturated heterocycles. The second-order valence-electron chi connectivity index (χ2n) is 5.76. The standard InChI is InChI=1S/C18H32N4OS.HI/c1-5-19-18(20-11-14-24-4)21-15-16-7-9-17(10-8-16)23-13-6-12-22(2)3;/h7-10H,5-6,11-15H2,1-4H3,(H2,19,20,21);1H. The molecule has 144 valence electrons. The van der Waals surface area contributed by atoms with Crippen LogP contribution in [0.15, 0.2) is 29.3 Å². The van der Waals surface area contributed by atoms with Gasteiger partial charge < -0.3 is 20.3 Å². The molecular formula is C18H33IN4OS. The molecule has 0 bridgehead atoms. The number of ether oxygens (including phenoxy) is 1. The first kappa shape index (κ1) is 24.3. The van der Waals surface area contributed by atoms with Crippen LogP contribution in [0.1, 0.15) is 18.9 Å². The molecule has 25 heavy (non-hydrogen) atoms. The maximum Gasteiger partial charge on any atom is 0.191 e. The molecule has 0 heterocycles. The van der Waals surface area contributed by atoms with E-state index in [1.54, 1.807) is 0 Å². The average molecular weight is 480 g/mol. The first-order valence-corrected chi connectivity index (χ1v) is 9.92. The second-order valence-corrected chi connectivity index (χ2v) is 6.75. The molecule has 0 aliphatic carbocycles. The van der Waals surface area contributed by atoms with Crippen LogP contribution in [0.5, 0.6) is 5.75 Å². The van der Waals surface area contributed by atoms with Crippen molar-refractivity contribution in [2.24, 2.45) is 4.99 Å². The minimum Gasteiger partial charge on any atom is -0.494 e. The highest BCUT2D eigenvalue weighted by Crippen LogP contribution is 2.13. The van der Waals surface area contributed by atoms with Gasteiger partial charge in [0.05, 0.1) is 13.2 Å². The molecule has 2 N–H and O–H groups in total. The van der Waals surface area contributed by atoms with Crippen LogP contribution >= 0.6 is 35.7 Å². The third-order valence-corrected chi connectivity index (χ3v) is 3.92. The van der Waals surface area contributed by atoms with Gasteiger partial charge in [0, 0.05) is 25.4 Å². The van der Waals surface area contributed by atoms with Gasteiger partial charge in [-0.25, -0.2) is 4.99 Å². The fourth-order valence-electron chi connectivity index (χ4n) is 2.05. The molecule has 1 aromatic rings. The van der Waals surface area contributed by atoms with Crippen molar-refractivity contribution >= 4 is 41.7 Å². The van der Waals surface area contributed by atoms with Crippen LogP contribution in [-0.4, -0.2) is 63.2 Å². The third kappa shape index (κ3) is 12.3. The van der Waals surface area contributed by atoms with E-state index in [1.807, 2.05) is 23.9 Å². The van der Waals surface area contributed by atoms with E-state index >= 15 is 0 Å². The lowest BCUT2D eigenvalue weighted by Crippen LogP contribution is -2.38. The molecule has 7 heteroatoms. The molecule has 0 spiro atoms. The zero-order chi connectivity index (χ0) is 17.6. The molecule has 0 saturated carbocycles. The van der Waals surface area contributed by atoms with Crippen LogP contribution in [0.25, 0.3) is 0 Å². The van der Waals surface area contributed by atoms with Crippen LogP contribution < -0.4 is 15.4 Å². The van der Waals surface area contributed by atoms with Crippen LogP contribution in [0, 0.1) is 0 Å². The topological polar surface area (TPSA) is 48.9 Å². The highest BCUT2D eigenvalue weighted by atomic mass is 127. The summed E-state index contributed by atoms with van der Waals surface area (Å²) < 4.78 is 5.75. The quantitative estimate of drug-likeness (QED) is 0.221. The van der Waals surface area contributed by atoms with E-state index in [4.69, 9.17) is 4.74 Å². The summed E-state index contributed by atoms with van der Waals surface area (Å²) in [7, 11) is 4.15. The molecule has 1 aromatic carbocycles. The SMILES string of the molecule is CCNC(=NCc1ccc(OCCCN(C)C)cc1)NCCSC.I. The highest BCUT2D eigenvalue weighted by molar-refractivity contribution is 14.0. The number of benzene rings is 1. The number of nitrogens with zero attached hydrogens (tertiary/aromatic N) is 2. The number of thioether (sulfide) groups is 1. The van der Waals surface area contributed by atoms with Crippen molar-refractivity contribution in [3.8, 4) is 5.75 Å². The van der Waals surface area contributed by atoms with Crippen molar-refractivity contribution in [2.75, 3.05) is 52.3 Å². The van der Waals surface area contributed by atoms with Gasteiger partial charge >= 0.3 is 0 Å². The molecule has 0 aliphatic heterocycles. The monoisotopic (exact) mass is 480 g/mol. The van der Waals surface area contributed by atoms with E-state index in [0.717, 1.165) is 50.1 Å². The van der Waals surface area contributed by atoms with Crippen molar-refractivity contribution in [1.82, 2.24) is 15.5 Å². The smallest absolute Gasteiger partial charge is 0.191 e. The first-order chi connectivity index (χ1) is 11.7. The molecule has 0 amide bonds. The lowest BCUT2D eigenvalue weighted by atomic mass is 10.2. The molecule has 5 nitrogen and oxygen atoms in total. The summed E-state index contributed by atoms with van der Waals surface area (Å²) in [5.41, 5.74) is 1.18. The number of nitrogens with one attached hydrogen (secondary N) is 2. The lowest BCUT2D eigenvalue weighted by Gasteiger charge is -2.11. The first-order valence-electron chi connectivity index (χ1n) is 8.53. The Balaban J connectivity index is 0.00000576. The van der Waals surface area contributed by atoms with Crippen LogP contribution in [0.3, 0.4) is 0 Å². The summed E-state index contributed by atoms with van der Waals surface area (Å²) in [4.78, 5) is 6.79. The molecule has 0 fully saturated rings. The maximum absolute atomic E-state index is 5.75. The van der Waals surface area contributed by atoms with E-state index in [0.29, 0.717) is 6.54 Å². The molecule has 1 rings (SSSR count). The van der Waals surface area contributed by atoms with Gasteiger partial charge in [-0.15, -0.1) is 24.0 Å². The third-order valence-electron chi connectivity index (χ3n) is 3.30. The van der Waals surface area contributed by atoms with Gasteiger partial charge in [0.15, 0.2) is 5.96 Å². The number of aliphatic imine (C=N–C) groups is 1. The summed E-state index contributed by atoms with van der Waals surface area (Å²) in [5.74, 6) is 2.87. The van der Waals surface area contributed by atoms with E-state index in [-0.39, 0.29) is 24.0 Å². The number of rotatable bonds is 11. The predicted octanol–water partition coefficient (Wildman–Crippen LogP) is 3.05. The Kier molecular flexibility index (Phi) is 15.2. The van der Waals surface area contributed by atoms with Gasteiger partial charge in [-0.05, 0) is 51.4 Å². The minimum atomic E-state index is 0. The summed E-state index contributed by atoms with van der Waals surface area (Å²) in [5, 5.41) is 6.60. The molecule has 0 atom stereocenters. The van der Waals surface area contributed by atoms with Gasteiger partial charge in [0.2, 0.25) is 0 Å². The normalized spacial score (nSPS) is 11.2. The molecular weight excluding hydrogens is 447 g/mol. The van der Waals surface area contributed by atoms with Crippen LogP contribution in [0.2, 0.25) is 0 Å². The average Bonchev–Trinajstić information content (AvgIpc) is 2.57. The largest absolute Gasteiger partial charge is 0.494 e. The van der Waals surface area contributed by atoms with Gasteiger partial charge in [-0.1, -0.05) is 12.1 Å². The fraction of sp³-hybridized carbons (Fsp3) is 0.611. The zero-order valence-electron chi connectivity index (χ0n) is 15.9. The predicted molar refractivity (Wildman–Crippen MR) is 122 cm³/mol. The minimum absolute atomic E-state index is 0. The highest BCUT2D eigenvalue weighted by Gasteiger charge is 1.99. The Bertz CT molecular complexity index is 469. The number of guanidine groups is 1. The molecule has 0 aliphatic rings. The van der Waals surface area contributed by atoms with E-state index in [2.05, 4.69) is 59.9 Å². The van der Waals surface area contributed by atoms with E-state index < -0.39 is 0 Å². The van der Waals surface area contributed by atoms with Crippen molar-refractivity contribution in [3.63, 3.8) is 0 Å². The van der Waals surface area contributed by atoms with Crippen molar-refractivity contribution in [1.29, 1.82) is 0 Å². The van der Waals surface area contributed by atoms with Crippen LogP contribution in [0.4, 0.5) is 0 Å². The zero-order valence-corrected chi connectivity index (χ0v) is 19.0. The number of halogens is 1. The van der Waals surface area contributed by atoms with Gasteiger partial charge in [-0.3, -0.25) is 0 Å². The maximum atomic E-state index is 5.75. The van der Waals surface area contributed by atoms with E-state index in [9.17, 15) is 0 Å². The van der Waals surface area contributed by atoms with E-state index in [1.165, 1.54) is 5.56 Å². The Morgan fingerprint density at radius 1 is 1.20 bits per heavy atom. The van der Waals surface area contributed by atoms with Crippen molar-refractivity contribution in [3.05, 3.63) is 29.8 Å². The number of hydrogen-bond donors (Lipinski definition) is 2. The Labute approximate surface area is 174 Å². The van der Waals surface area contributed by atoms with Gasteiger partial charge in [0.1, 0.15) is 5.75 Å². The molecule has 0 radical (unpaired) electrons.